The van der Waals surface area contributed by atoms with E-state index in [1.807, 2.05) is 0 Å². The summed E-state index contributed by atoms with van der Waals surface area (Å²) in [6, 6.07) is 5.83. The van der Waals surface area contributed by atoms with E-state index >= 15 is 0 Å². The van der Waals surface area contributed by atoms with Crippen molar-refractivity contribution < 1.29 is 59.8 Å². The SMILES string of the molecule is OC[C@H]1O[C@@H](O[C@H]2[C@H](Oc3ccccc3O)O[C@H](CO)[C@@H](O)[C@@H]2O)[C@H](O)[C@@H](O)[C@@H]1O. The monoisotopic (exact) mass is 434 g/mol. The Morgan fingerprint density at radius 3 is 1.90 bits per heavy atom. The van der Waals surface area contributed by atoms with Gasteiger partial charge in [0, 0.05) is 0 Å². The molecule has 1 aromatic rings. The van der Waals surface area contributed by atoms with Gasteiger partial charge < -0.3 is 59.8 Å². The lowest BCUT2D eigenvalue weighted by atomic mass is 9.97. The van der Waals surface area contributed by atoms with Gasteiger partial charge in [-0.1, -0.05) is 12.1 Å². The van der Waals surface area contributed by atoms with Crippen molar-refractivity contribution in [2.75, 3.05) is 13.2 Å². The molecule has 2 aliphatic heterocycles. The number of ether oxygens (including phenoxy) is 4. The van der Waals surface area contributed by atoms with Crippen LogP contribution >= 0.6 is 0 Å². The van der Waals surface area contributed by atoms with Gasteiger partial charge in [-0.15, -0.1) is 0 Å². The maximum Gasteiger partial charge on any atom is 0.229 e. The minimum atomic E-state index is -1.77. The quantitative estimate of drug-likeness (QED) is 0.219. The molecule has 8 N–H and O–H groups in total. The fourth-order valence-electron chi connectivity index (χ4n) is 3.31. The lowest BCUT2D eigenvalue weighted by molar-refractivity contribution is -0.358. The molecule has 10 atom stereocenters. The third kappa shape index (κ3) is 4.53. The Morgan fingerprint density at radius 2 is 1.30 bits per heavy atom. The van der Waals surface area contributed by atoms with Crippen LogP contribution < -0.4 is 4.74 Å². The highest BCUT2D eigenvalue weighted by atomic mass is 16.8. The summed E-state index contributed by atoms with van der Waals surface area (Å²) in [4.78, 5) is 0. The van der Waals surface area contributed by atoms with Gasteiger partial charge in [0.2, 0.25) is 6.29 Å². The molecule has 2 aliphatic rings. The molecule has 0 saturated carbocycles. The second-order valence-corrected chi connectivity index (χ2v) is 7.09. The van der Waals surface area contributed by atoms with Crippen molar-refractivity contribution in [3.05, 3.63) is 24.3 Å². The summed E-state index contributed by atoms with van der Waals surface area (Å²) in [6.45, 7) is -1.35. The molecule has 170 valence electrons. The van der Waals surface area contributed by atoms with Gasteiger partial charge in [0.05, 0.1) is 13.2 Å². The molecular weight excluding hydrogens is 408 g/mol. The third-order valence-corrected chi connectivity index (χ3v) is 5.07. The lowest BCUT2D eigenvalue weighted by Gasteiger charge is -2.45. The fraction of sp³-hybridized carbons (Fsp3) is 0.667. The number of benzene rings is 1. The molecule has 0 spiro atoms. The van der Waals surface area contributed by atoms with Gasteiger partial charge in [-0.05, 0) is 12.1 Å². The molecule has 0 aromatic heterocycles. The van der Waals surface area contributed by atoms with Crippen molar-refractivity contribution in [3.8, 4) is 11.5 Å². The standard InChI is InChI=1S/C18H26O12/c19-5-9-11(22)13(24)15(26)17(28-9)30-16-14(25)12(23)10(6-20)29-18(16)27-8-4-2-1-3-7(8)21/h1-4,9-26H,5-6H2/t9-,10-,11-,12-,13+,14+,15-,16-,17+,18-/m1/s1. The number of phenolic OH excluding ortho intramolecular Hbond substituents is 1. The average molecular weight is 434 g/mol. The van der Waals surface area contributed by atoms with Crippen molar-refractivity contribution >= 4 is 0 Å². The second kappa shape index (κ2) is 9.70. The molecule has 0 aliphatic carbocycles. The van der Waals surface area contributed by atoms with E-state index in [1.54, 1.807) is 12.1 Å². The summed E-state index contributed by atoms with van der Waals surface area (Å²) in [7, 11) is 0. The molecular formula is C18H26O12. The summed E-state index contributed by atoms with van der Waals surface area (Å²) in [6.07, 6.45) is -15.6. The Labute approximate surface area is 171 Å². The van der Waals surface area contributed by atoms with Gasteiger partial charge in [-0.25, -0.2) is 0 Å². The molecule has 12 nitrogen and oxygen atoms in total. The van der Waals surface area contributed by atoms with Crippen molar-refractivity contribution in [3.63, 3.8) is 0 Å². The van der Waals surface area contributed by atoms with Gasteiger partial charge in [0.15, 0.2) is 23.9 Å². The Kier molecular flexibility index (Phi) is 7.47. The molecule has 0 unspecified atom stereocenters. The van der Waals surface area contributed by atoms with Crippen LogP contribution in [0.5, 0.6) is 11.5 Å². The van der Waals surface area contributed by atoms with Crippen LogP contribution in [0.15, 0.2) is 24.3 Å². The van der Waals surface area contributed by atoms with Crippen molar-refractivity contribution in [1.82, 2.24) is 0 Å². The van der Waals surface area contributed by atoms with Crippen LogP contribution in [-0.4, -0.2) is 115 Å². The molecule has 2 fully saturated rings. The number of aliphatic hydroxyl groups excluding tert-OH is 7. The first kappa shape index (κ1) is 23.1. The number of phenols is 1. The minimum Gasteiger partial charge on any atom is -0.504 e. The second-order valence-electron chi connectivity index (χ2n) is 7.09. The van der Waals surface area contributed by atoms with Crippen LogP contribution in [0.2, 0.25) is 0 Å². The fourth-order valence-corrected chi connectivity index (χ4v) is 3.31. The zero-order chi connectivity index (χ0) is 22.0. The summed E-state index contributed by atoms with van der Waals surface area (Å²) in [5.41, 5.74) is 0. The number of rotatable bonds is 6. The number of aromatic hydroxyl groups is 1. The van der Waals surface area contributed by atoms with Crippen molar-refractivity contribution in [2.45, 2.75) is 61.4 Å². The van der Waals surface area contributed by atoms with Gasteiger partial charge in [0.1, 0.15) is 42.7 Å². The number of hydrogen-bond acceptors (Lipinski definition) is 12. The summed E-state index contributed by atoms with van der Waals surface area (Å²) < 4.78 is 21.8. The van der Waals surface area contributed by atoms with E-state index in [4.69, 9.17) is 18.9 Å². The van der Waals surface area contributed by atoms with Gasteiger partial charge in [-0.2, -0.15) is 0 Å². The van der Waals surface area contributed by atoms with E-state index in [-0.39, 0.29) is 11.5 Å². The van der Waals surface area contributed by atoms with Gasteiger partial charge in [0.25, 0.3) is 0 Å². The van der Waals surface area contributed by atoms with Crippen LogP contribution in [-0.2, 0) is 14.2 Å². The van der Waals surface area contributed by atoms with Crippen LogP contribution in [0.25, 0.3) is 0 Å². The van der Waals surface area contributed by atoms with E-state index in [0.717, 1.165) is 0 Å². The maximum absolute atomic E-state index is 10.5. The van der Waals surface area contributed by atoms with Crippen molar-refractivity contribution in [1.29, 1.82) is 0 Å². The first-order valence-corrected chi connectivity index (χ1v) is 9.31. The molecule has 3 rings (SSSR count). The lowest BCUT2D eigenvalue weighted by Crippen LogP contribution is -2.65. The molecule has 2 saturated heterocycles. The topological polar surface area (TPSA) is 199 Å². The maximum atomic E-state index is 10.5. The number of aliphatic hydroxyl groups is 7. The van der Waals surface area contributed by atoms with Gasteiger partial charge in [-0.3, -0.25) is 0 Å². The number of para-hydroxylation sites is 2. The van der Waals surface area contributed by atoms with Crippen molar-refractivity contribution in [2.24, 2.45) is 0 Å². The largest absolute Gasteiger partial charge is 0.504 e. The Balaban J connectivity index is 1.83. The third-order valence-electron chi connectivity index (χ3n) is 5.07. The Morgan fingerprint density at radius 1 is 0.733 bits per heavy atom. The highest BCUT2D eigenvalue weighted by Gasteiger charge is 2.51. The molecule has 0 radical (unpaired) electrons. The summed E-state index contributed by atoms with van der Waals surface area (Å²) in [5.74, 6) is -0.306. The first-order valence-electron chi connectivity index (χ1n) is 9.31. The normalized spacial score (nSPS) is 42.1. The van der Waals surface area contributed by atoms with E-state index in [0.29, 0.717) is 0 Å². The smallest absolute Gasteiger partial charge is 0.229 e. The molecule has 2 heterocycles. The Bertz CT molecular complexity index is 687. The Hall–Kier alpha value is -1.58. The van der Waals surface area contributed by atoms with Gasteiger partial charge >= 0.3 is 0 Å². The summed E-state index contributed by atoms with van der Waals surface area (Å²) in [5, 5.41) is 79.3. The van der Waals surface area contributed by atoms with E-state index < -0.39 is 74.6 Å². The summed E-state index contributed by atoms with van der Waals surface area (Å²) >= 11 is 0. The first-order chi connectivity index (χ1) is 14.3. The van der Waals surface area contributed by atoms with E-state index in [2.05, 4.69) is 0 Å². The zero-order valence-corrected chi connectivity index (χ0v) is 15.7. The van der Waals surface area contributed by atoms with E-state index in [9.17, 15) is 40.9 Å². The minimum absolute atomic E-state index is 0.0508. The molecule has 12 heteroatoms. The average Bonchev–Trinajstić information content (AvgIpc) is 2.74. The highest BCUT2D eigenvalue weighted by molar-refractivity contribution is 5.38. The van der Waals surface area contributed by atoms with Crippen LogP contribution in [0, 0.1) is 0 Å². The molecule has 30 heavy (non-hydrogen) atoms. The predicted molar refractivity (Wildman–Crippen MR) is 95.1 cm³/mol. The molecule has 0 amide bonds. The predicted octanol–water partition coefficient (Wildman–Crippen LogP) is -3.60. The van der Waals surface area contributed by atoms with E-state index in [1.165, 1.54) is 12.1 Å². The molecule has 0 bridgehead atoms. The highest BCUT2D eigenvalue weighted by Crippen LogP contribution is 2.33. The van der Waals surface area contributed by atoms with Crippen LogP contribution in [0.4, 0.5) is 0 Å². The van der Waals surface area contributed by atoms with Crippen LogP contribution in [0.1, 0.15) is 0 Å². The van der Waals surface area contributed by atoms with Crippen LogP contribution in [0.3, 0.4) is 0 Å². The zero-order valence-electron chi connectivity index (χ0n) is 15.7. The number of hydrogen-bond donors (Lipinski definition) is 8. The molecule has 1 aromatic carbocycles.